The average molecular weight is 451 g/mol. The van der Waals surface area contributed by atoms with Gasteiger partial charge in [0.1, 0.15) is 5.75 Å². The van der Waals surface area contributed by atoms with E-state index in [9.17, 15) is 9.59 Å². The number of carbonyl (C=O) groups excluding carboxylic acids is 2. The van der Waals surface area contributed by atoms with Crippen LogP contribution in [0.3, 0.4) is 0 Å². The van der Waals surface area contributed by atoms with Crippen LogP contribution in [0.5, 0.6) is 5.75 Å². The van der Waals surface area contributed by atoms with Gasteiger partial charge in [-0.3, -0.25) is 9.59 Å². The highest BCUT2D eigenvalue weighted by Crippen LogP contribution is 2.33. The lowest BCUT2D eigenvalue weighted by Crippen LogP contribution is -2.35. The van der Waals surface area contributed by atoms with E-state index < -0.39 is 0 Å². The molecule has 4 aromatic rings. The summed E-state index contributed by atoms with van der Waals surface area (Å²) in [6, 6.07) is 26.7. The van der Waals surface area contributed by atoms with Gasteiger partial charge in [0, 0.05) is 23.5 Å². The van der Waals surface area contributed by atoms with Gasteiger partial charge in [0.05, 0.1) is 12.2 Å². The molecule has 1 N–H and O–H groups in total. The second-order valence-corrected chi connectivity index (χ2v) is 8.32. The summed E-state index contributed by atoms with van der Waals surface area (Å²) < 4.78 is 5.77. The Morgan fingerprint density at radius 2 is 1.74 bits per heavy atom. The predicted octanol–water partition coefficient (Wildman–Crippen LogP) is 6.08. The lowest BCUT2D eigenvalue weighted by atomic mass is 9.99. The Bertz CT molecular complexity index is 1360. The van der Waals surface area contributed by atoms with Gasteiger partial charge in [-0.05, 0) is 72.5 Å². The molecule has 4 aromatic carbocycles. The van der Waals surface area contributed by atoms with Crippen molar-refractivity contribution in [1.29, 1.82) is 0 Å². The monoisotopic (exact) mass is 450 g/mol. The Kier molecular flexibility index (Phi) is 6.00. The van der Waals surface area contributed by atoms with E-state index in [1.165, 1.54) is 0 Å². The number of amides is 2. The number of hydrogen-bond acceptors (Lipinski definition) is 3. The van der Waals surface area contributed by atoms with E-state index in [0.717, 1.165) is 34.9 Å². The summed E-state index contributed by atoms with van der Waals surface area (Å²) in [6.07, 6.45) is 1.73. The largest absolute Gasteiger partial charge is 0.493 e. The number of anilines is 2. The minimum Gasteiger partial charge on any atom is -0.493 e. The molecule has 0 spiro atoms. The van der Waals surface area contributed by atoms with E-state index in [2.05, 4.69) is 5.32 Å². The van der Waals surface area contributed by atoms with Crippen molar-refractivity contribution in [2.45, 2.75) is 19.8 Å². The van der Waals surface area contributed by atoms with E-state index in [1.54, 1.807) is 0 Å². The Labute approximate surface area is 199 Å². The van der Waals surface area contributed by atoms with Gasteiger partial charge in [-0.15, -0.1) is 0 Å². The molecule has 1 aliphatic rings. The molecular formula is C29H26N2O3. The summed E-state index contributed by atoms with van der Waals surface area (Å²) in [4.78, 5) is 28.3. The number of carbonyl (C=O) groups is 2. The molecule has 0 bridgehead atoms. The van der Waals surface area contributed by atoms with Crippen LogP contribution in [-0.2, 0) is 6.42 Å². The normalized spacial score (nSPS) is 12.8. The number of benzene rings is 4. The van der Waals surface area contributed by atoms with Gasteiger partial charge < -0.3 is 15.0 Å². The third kappa shape index (κ3) is 4.13. The van der Waals surface area contributed by atoms with E-state index >= 15 is 0 Å². The molecule has 5 heteroatoms. The van der Waals surface area contributed by atoms with Gasteiger partial charge in [-0.2, -0.15) is 0 Å². The van der Waals surface area contributed by atoms with Crippen molar-refractivity contribution >= 4 is 34.0 Å². The van der Waals surface area contributed by atoms with Crippen molar-refractivity contribution in [1.82, 2.24) is 0 Å². The SMILES string of the molecule is CCOc1ccc2ccccc2c1C(=O)Nc1ccc2c(c1)CCCN2C(=O)c1ccccc1. The second kappa shape index (κ2) is 9.40. The molecule has 0 saturated heterocycles. The molecule has 0 fully saturated rings. The van der Waals surface area contributed by atoms with Crippen molar-refractivity contribution in [2.75, 3.05) is 23.4 Å². The Balaban J connectivity index is 1.44. The summed E-state index contributed by atoms with van der Waals surface area (Å²) >= 11 is 0. The molecule has 0 aromatic heterocycles. The summed E-state index contributed by atoms with van der Waals surface area (Å²) in [5, 5.41) is 4.89. The van der Waals surface area contributed by atoms with E-state index in [-0.39, 0.29) is 11.8 Å². The summed E-state index contributed by atoms with van der Waals surface area (Å²) in [5.41, 5.74) is 3.85. The number of nitrogens with zero attached hydrogens (tertiary/aromatic N) is 1. The fraction of sp³-hybridized carbons (Fsp3) is 0.172. The molecule has 0 aliphatic carbocycles. The number of hydrogen-bond donors (Lipinski definition) is 1. The van der Waals surface area contributed by atoms with Crippen LogP contribution in [0.4, 0.5) is 11.4 Å². The lowest BCUT2D eigenvalue weighted by Gasteiger charge is -2.30. The molecule has 5 rings (SSSR count). The van der Waals surface area contributed by atoms with Crippen LogP contribution in [-0.4, -0.2) is 25.0 Å². The van der Waals surface area contributed by atoms with E-state index in [0.29, 0.717) is 35.7 Å². The van der Waals surface area contributed by atoms with Crippen molar-refractivity contribution in [3.8, 4) is 5.75 Å². The Morgan fingerprint density at radius 3 is 2.56 bits per heavy atom. The van der Waals surface area contributed by atoms with Gasteiger partial charge in [0.2, 0.25) is 0 Å². The first-order chi connectivity index (χ1) is 16.7. The smallest absolute Gasteiger partial charge is 0.260 e. The third-order valence-corrected chi connectivity index (χ3v) is 6.14. The van der Waals surface area contributed by atoms with Crippen LogP contribution < -0.4 is 15.0 Å². The zero-order valence-electron chi connectivity index (χ0n) is 19.1. The van der Waals surface area contributed by atoms with Crippen LogP contribution in [0.2, 0.25) is 0 Å². The van der Waals surface area contributed by atoms with Crippen molar-refractivity contribution in [3.05, 3.63) is 102 Å². The summed E-state index contributed by atoms with van der Waals surface area (Å²) in [6.45, 7) is 3.06. The van der Waals surface area contributed by atoms with Crippen LogP contribution in [0.15, 0.2) is 84.9 Å². The summed E-state index contributed by atoms with van der Waals surface area (Å²) in [7, 11) is 0. The molecule has 0 atom stereocenters. The second-order valence-electron chi connectivity index (χ2n) is 8.32. The predicted molar refractivity (Wildman–Crippen MR) is 136 cm³/mol. The minimum atomic E-state index is -0.215. The average Bonchev–Trinajstić information content (AvgIpc) is 2.88. The molecule has 0 radical (unpaired) electrons. The van der Waals surface area contributed by atoms with Crippen LogP contribution in [0.25, 0.3) is 10.8 Å². The quantitative estimate of drug-likeness (QED) is 0.401. The number of ether oxygens (including phenoxy) is 1. The zero-order valence-corrected chi connectivity index (χ0v) is 19.1. The number of aryl methyl sites for hydroxylation is 1. The number of rotatable bonds is 5. The maximum atomic E-state index is 13.4. The number of fused-ring (bicyclic) bond motifs is 2. The maximum Gasteiger partial charge on any atom is 0.260 e. The van der Waals surface area contributed by atoms with Gasteiger partial charge in [-0.1, -0.05) is 48.5 Å². The van der Waals surface area contributed by atoms with Gasteiger partial charge in [0.15, 0.2) is 0 Å². The van der Waals surface area contributed by atoms with Crippen molar-refractivity contribution < 1.29 is 14.3 Å². The molecule has 34 heavy (non-hydrogen) atoms. The molecule has 2 amide bonds. The van der Waals surface area contributed by atoms with E-state index in [4.69, 9.17) is 4.74 Å². The molecule has 0 saturated carbocycles. The first-order valence-corrected chi connectivity index (χ1v) is 11.6. The molecular weight excluding hydrogens is 424 g/mol. The highest BCUT2D eigenvalue weighted by molar-refractivity contribution is 6.15. The molecule has 5 nitrogen and oxygen atoms in total. The van der Waals surface area contributed by atoms with Crippen LogP contribution in [0.1, 0.15) is 39.6 Å². The highest BCUT2D eigenvalue weighted by atomic mass is 16.5. The van der Waals surface area contributed by atoms with Gasteiger partial charge in [-0.25, -0.2) is 0 Å². The molecule has 170 valence electrons. The van der Waals surface area contributed by atoms with Crippen molar-refractivity contribution in [3.63, 3.8) is 0 Å². The zero-order chi connectivity index (χ0) is 23.5. The minimum absolute atomic E-state index is 0.00422. The van der Waals surface area contributed by atoms with Gasteiger partial charge in [0.25, 0.3) is 11.8 Å². The molecule has 1 heterocycles. The molecule has 0 unspecified atom stereocenters. The topological polar surface area (TPSA) is 58.6 Å². The summed E-state index contributed by atoms with van der Waals surface area (Å²) in [5.74, 6) is 0.347. The van der Waals surface area contributed by atoms with Crippen molar-refractivity contribution in [2.24, 2.45) is 0 Å². The van der Waals surface area contributed by atoms with Gasteiger partial charge >= 0.3 is 0 Å². The first kappa shape index (κ1) is 21.7. The standard InChI is InChI=1S/C29H26N2O3/c1-2-34-26-17-14-20-9-6-7-13-24(20)27(26)28(32)30-23-15-16-25-22(19-23)12-8-18-31(25)29(33)21-10-4-3-5-11-21/h3-7,9-11,13-17,19H,2,8,12,18H2,1H3,(H,30,32). The lowest BCUT2D eigenvalue weighted by molar-refractivity contribution is 0.0983. The highest BCUT2D eigenvalue weighted by Gasteiger charge is 2.24. The fourth-order valence-electron chi connectivity index (χ4n) is 4.58. The fourth-order valence-corrected chi connectivity index (χ4v) is 4.58. The first-order valence-electron chi connectivity index (χ1n) is 11.6. The molecule has 1 aliphatic heterocycles. The number of nitrogens with one attached hydrogen (secondary N) is 1. The Hall–Kier alpha value is -4.12. The van der Waals surface area contributed by atoms with Crippen LogP contribution in [0, 0.1) is 0 Å². The van der Waals surface area contributed by atoms with Crippen LogP contribution >= 0.6 is 0 Å². The Morgan fingerprint density at radius 1 is 0.941 bits per heavy atom. The maximum absolute atomic E-state index is 13.4. The third-order valence-electron chi connectivity index (χ3n) is 6.14. The van der Waals surface area contributed by atoms with E-state index in [1.807, 2.05) is 96.8 Å².